The molecule has 0 aliphatic heterocycles. The maximum atomic E-state index is 12.2. The summed E-state index contributed by atoms with van der Waals surface area (Å²) in [6.07, 6.45) is 0. The van der Waals surface area contributed by atoms with E-state index < -0.39 is 23.1 Å². The summed E-state index contributed by atoms with van der Waals surface area (Å²) in [4.78, 5) is 48.5. The Morgan fingerprint density at radius 3 is 1.47 bits per heavy atom. The molecule has 2 aromatic heterocycles. The first-order valence-electron chi connectivity index (χ1n) is 10.1. The molecule has 2 aromatic carbocycles. The van der Waals surface area contributed by atoms with Crippen molar-refractivity contribution in [3.63, 3.8) is 0 Å². The number of hydrogen-bond donors (Lipinski definition) is 2. The summed E-state index contributed by atoms with van der Waals surface area (Å²) >= 11 is 0. The van der Waals surface area contributed by atoms with Gasteiger partial charge < -0.3 is 8.83 Å². The van der Waals surface area contributed by atoms with Gasteiger partial charge in [0.15, 0.2) is 0 Å². The highest BCUT2D eigenvalue weighted by Gasteiger charge is 2.15. The van der Waals surface area contributed by atoms with Crippen LogP contribution in [-0.4, -0.2) is 23.2 Å². The number of fused-ring (bicyclic) bond motifs is 2. The predicted octanol–water partition coefficient (Wildman–Crippen LogP) is 2.28. The molecule has 2 N–H and O–H groups in total. The summed E-state index contributed by atoms with van der Waals surface area (Å²) < 4.78 is 10.5. The Labute approximate surface area is 191 Å². The molecule has 0 bridgehead atoms. The number of benzene rings is 2. The van der Waals surface area contributed by atoms with Gasteiger partial charge in [0.05, 0.1) is 22.6 Å². The SMILES string of the molecule is C/C(=N\NC(=O)C(=O)N/N=C(\C)c1cc2ccccc2oc1=O)c1cc2ccccc2oc1=O. The van der Waals surface area contributed by atoms with Crippen molar-refractivity contribution in [3.8, 4) is 0 Å². The molecule has 4 aromatic rings. The van der Waals surface area contributed by atoms with Crippen LogP contribution in [0.3, 0.4) is 0 Å². The number of nitrogens with zero attached hydrogens (tertiary/aromatic N) is 2. The van der Waals surface area contributed by atoms with Gasteiger partial charge in [0.2, 0.25) is 0 Å². The first kappa shape index (κ1) is 22.3. The van der Waals surface area contributed by atoms with Crippen LogP contribution in [0.25, 0.3) is 21.9 Å². The van der Waals surface area contributed by atoms with E-state index in [1.54, 1.807) is 60.7 Å². The van der Waals surface area contributed by atoms with Crippen molar-refractivity contribution >= 4 is 45.2 Å². The van der Waals surface area contributed by atoms with Gasteiger partial charge in [-0.05, 0) is 38.1 Å². The lowest BCUT2D eigenvalue weighted by atomic mass is 10.1. The Bertz CT molecular complexity index is 1490. The van der Waals surface area contributed by atoms with Gasteiger partial charge in [0.25, 0.3) is 0 Å². The fraction of sp³-hybridized carbons (Fsp3) is 0.0833. The molecule has 0 fully saturated rings. The van der Waals surface area contributed by atoms with Crippen LogP contribution in [0.2, 0.25) is 0 Å². The second-order valence-electron chi connectivity index (χ2n) is 7.25. The molecule has 0 aliphatic carbocycles. The van der Waals surface area contributed by atoms with Gasteiger partial charge in [-0.25, -0.2) is 20.4 Å². The zero-order valence-electron chi connectivity index (χ0n) is 18.1. The van der Waals surface area contributed by atoms with Gasteiger partial charge in [-0.2, -0.15) is 10.2 Å². The lowest BCUT2D eigenvalue weighted by Gasteiger charge is -2.04. The molecule has 10 nitrogen and oxygen atoms in total. The van der Waals surface area contributed by atoms with Crippen molar-refractivity contribution in [2.75, 3.05) is 0 Å². The van der Waals surface area contributed by atoms with Crippen LogP contribution in [0.4, 0.5) is 0 Å². The Morgan fingerprint density at radius 1 is 0.676 bits per heavy atom. The van der Waals surface area contributed by atoms with Crippen LogP contribution in [0, 0.1) is 0 Å². The van der Waals surface area contributed by atoms with Crippen molar-refractivity contribution < 1.29 is 18.4 Å². The highest BCUT2D eigenvalue weighted by Crippen LogP contribution is 2.14. The normalized spacial score (nSPS) is 12.1. The fourth-order valence-electron chi connectivity index (χ4n) is 3.12. The van der Waals surface area contributed by atoms with Crippen molar-refractivity contribution in [1.29, 1.82) is 0 Å². The maximum absolute atomic E-state index is 12.2. The van der Waals surface area contributed by atoms with E-state index in [0.29, 0.717) is 21.9 Å². The molecular weight excluding hydrogens is 440 g/mol. The van der Waals surface area contributed by atoms with Crippen LogP contribution in [-0.2, 0) is 9.59 Å². The molecule has 0 saturated carbocycles. The van der Waals surface area contributed by atoms with E-state index in [9.17, 15) is 19.2 Å². The number of rotatable bonds is 4. The zero-order valence-corrected chi connectivity index (χ0v) is 18.1. The van der Waals surface area contributed by atoms with E-state index in [-0.39, 0.29) is 22.6 Å². The largest absolute Gasteiger partial charge is 0.422 e. The Balaban J connectivity index is 1.45. The quantitative estimate of drug-likeness (QED) is 0.208. The average molecular weight is 458 g/mol. The van der Waals surface area contributed by atoms with Crippen LogP contribution in [0.5, 0.6) is 0 Å². The zero-order chi connectivity index (χ0) is 24.2. The summed E-state index contributed by atoms with van der Waals surface area (Å²) in [5, 5.41) is 8.96. The number of carbonyl (C=O) groups is 2. The van der Waals surface area contributed by atoms with E-state index in [0.717, 1.165) is 0 Å². The third-order valence-corrected chi connectivity index (χ3v) is 4.92. The van der Waals surface area contributed by atoms with Gasteiger partial charge in [-0.3, -0.25) is 9.59 Å². The number of carbonyl (C=O) groups excluding carboxylic acids is 2. The standard InChI is InChI=1S/C24H18N4O6/c1-13(17-11-15-7-3-5-9-19(15)33-23(17)31)25-27-21(29)22(30)28-26-14(2)18-12-16-8-4-6-10-20(16)34-24(18)32/h3-12H,1-2H3,(H,27,29)(H,28,30)/b25-13+,26-14+. The molecule has 0 spiro atoms. The molecule has 0 saturated heterocycles. The molecule has 170 valence electrons. The summed E-state index contributed by atoms with van der Waals surface area (Å²) in [7, 11) is 0. The average Bonchev–Trinajstić information content (AvgIpc) is 2.84. The van der Waals surface area contributed by atoms with E-state index in [4.69, 9.17) is 8.83 Å². The summed E-state index contributed by atoms with van der Waals surface area (Å²) in [6.45, 7) is 2.97. The first-order chi connectivity index (χ1) is 16.3. The maximum Gasteiger partial charge on any atom is 0.345 e. The number of hydrogen-bond acceptors (Lipinski definition) is 8. The summed E-state index contributed by atoms with van der Waals surface area (Å²) in [5.41, 5.74) is 4.26. The summed E-state index contributed by atoms with van der Waals surface area (Å²) in [6, 6.07) is 17.0. The number of para-hydroxylation sites is 2. The van der Waals surface area contributed by atoms with E-state index in [1.165, 1.54) is 13.8 Å². The fourth-order valence-corrected chi connectivity index (χ4v) is 3.12. The molecule has 34 heavy (non-hydrogen) atoms. The number of amides is 2. The minimum atomic E-state index is -1.12. The van der Waals surface area contributed by atoms with Crippen LogP contribution in [0.1, 0.15) is 25.0 Å². The van der Waals surface area contributed by atoms with E-state index in [1.807, 2.05) is 0 Å². The van der Waals surface area contributed by atoms with Gasteiger partial charge in [0.1, 0.15) is 11.2 Å². The second kappa shape index (κ2) is 9.33. The van der Waals surface area contributed by atoms with Gasteiger partial charge in [-0.15, -0.1) is 0 Å². The minimum absolute atomic E-state index is 0.135. The smallest absolute Gasteiger partial charge is 0.345 e. The Hall–Kier alpha value is -4.86. The summed E-state index contributed by atoms with van der Waals surface area (Å²) in [5.74, 6) is -2.24. The highest BCUT2D eigenvalue weighted by atomic mass is 16.4. The molecule has 0 unspecified atom stereocenters. The molecule has 2 heterocycles. The molecule has 4 rings (SSSR count). The van der Waals surface area contributed by atoms with Crippen molar-refractivity contribution in [3.05, 3.63) is 92.6 Å². The molecule has 0 radical (unpaired) electrons. The van der Waals surface area contributed by atoms with Crippen LogP contribution in [0.15, 0.2) is 89.3 Å². The van der Waals surface area contributed by atoms with E-state index in [2.05, 4.69) is 21.1 Å². The molecule has 0 atom stereocenters. The Kier molecular flexibility index (Phi) is 6.13. The Morgan fingerprint density at radius 2 is 1.06 bits per heavy atom. The lowest BCUT2D eigenvalue weighted by Crippen LogP contribution is -2.36. The number of nitrogens with one attached hydrogen (secondary N) is 2. The highest BCUT2D eigenvalue weighted by molar-refractivity contribution is 6.35. The first-order valence-corrected chi connectivity index (χ1v) is 10.1. The molecule has 0 aliphatic rings. The van der Waals surface area contributed by atoms with E-state index >= 15 is 0 Å². The van der Waals surface area contributed by atoms with Crippen molar-refractivity contribution in [2.45, 2.75) is 13.8 Å². The monoisotopic (exact) mass is 458 g/mol. The topological polar surface area (TPSA) is 143 Å². The molecule has 2 amide bonds. The third-order valence-electron chi connectivity index (χ3n) is 4.92. The second-order valence-corrected chi connectivity index (χ2v) is 7.25. The third kappa shape index (κ3) is 4.65. The van der Waals surface area contributed by atoms with Crippen molar-refractivity contribution in [2.24, 2.45) is 10.2 Å². The van der Waals surface area contributed by atoms with Gasteiger partial charge >= 0.3 is 23.1 Å². The van der Waals surface area contributed by atoms with Crippen LogP contribution >= 0.6 is 0 Å². The lowest BCUT2D eigenvalue weighted by molar-refractivity contribution is -0.139. The molecular formula is C24H18N4O6. The predicted molar refractivity (Wildman–Crippen MR) is 126 cm³/mol. The van der Waals surface area contributed by atoms with Crippen LogP contribution < -0.4 is 22.1 Å². The van der Waals surface area contributed by atoms with Crippen molar-refractivity contribution in [1.82, 2.24) is 10.9 Å². The number of hydrazone groups is 2. The van der Waals surface area contributed by atoms with Gasteiger partial charge in [-0.1, -0.05) is 36.4 Å². The minimum Gasteiger partial charge on any atom is -0.422 e. The molecule has 10 heteroatoms. The van der Waals surface area contributed by atoms with Gasteiger partial charge in [0, 0.05) is 10.8 Å².